The minimum atomic E-state index is 0.213. The first-order valence-corrected chi connectivity index (χ1v) is 8.77. The second-order valence-electron chi connectivity index (χ2n) is 5.41. The molecule has 18 heavy (non-hydrogen) atoms. The zero-order chi connectivity index (χ0) is 13.5. The maximum absolute atomic E-state index is 6.34. The Hall–Kier alpha value is 0.170. The van der Waals surface area contributed by atoms with Crippen molar-refractivity contribution in [1.82, 2.24) is 0 Å². The molecule has 0 aliphatic carbocycles. The van der Waals surface area contributed by atoms with Crippen molar-refractivity contribution in [2.75, 3.05) is 0 Å². The van der Waals surface area contributed by atoms with Gasteiger partial charge in [0.1, 0.15) is 0 Å². The van der Waals surface area contributed by atoms with Crippen LogP contribution >= 0.6 is 50.2 Å². The van der Waals surface area contributed by atoms with Crippen LogP contribution in [-0.4, -0.2) is 0 Å². The molecular formula is C14H16BrClS2. The number of rotatable bonds is 2. The third-order valence-electron chi connectivity index (χ3n) is 2.77. The standard InChI is InChI=1S/C14H16BrClS2/c1-8-7-17-13(12(8)16)11(15)9-5-6-10(18-9)14(2,3)4/h5-7,11H,1-4H3. The molecule has 2 heterocycles. The van der Waals surface area contributed by atoms with Crippen molar-refractivity contribution in [2.45, 2.75) is 37.9 Å². The van der Waals surface area contributed by atoms with Gasteiger partial charge in [-0.3, -0.25) is 0 Å². The van der Waals surface area contributed by atoms with E-state index in [-0.39, 0.29) is 10.2 Å². The number of aryl methyl sites for hydroxylation is 1. The van der Waals surface area contributed by atoms with Crippen LogP contribution < -0.4 is 0 Å². The maximum Gasteiger partial charge on any atom is 0.0846 e. The lowest BCUT2D eigenvalue weighted by Gasteiger charge is -2.15. The maximum atomic E-state index is 6.34. The quantitative estimate of drug-likeness (QED) is 0.530. The lowest BCUT2D eigenvalue weighted by molar-refractivity contribution is 0.604. The Balaban J connectivity index is 2.32. The second kappa shape index (κ2) is 5.28. The first kappa shape index (κ1) is 14.6. The molecule has 98 valence electrons. The minimum absolute atomic E-state index is 0.213. The molecule has 0 saturated heterocycles. The van der Waals surface area contributed by atoms with Gasteiger partial charge in [0.25, 0.3) is 0 Å². The van der Waals surface area contributed by atoms with Crippen molar-refractivity contribution in [2.24, 2.45) is 0 Å². The molecular weight excluding hydrogens is 348 g/mol. The summed E-state index contributed by atoms with van der Waals surface area (Å²) in [5.41, 5.74) is 1.37. The van der Waals surface area contributed by atoms with E-state index in [1.165, 1.54) is 14.6 Å². The molecule has 0 radical (unpaired) electrons. The van der Waals surface area contributed by atoms with E-state index < -0.39 is 0 Å². The Kier molecular flexibility index (Phi) is 4.27. The minimum Gasteiger partial charge on any atom is -0.145 e. The van der Waals surface area contributed by atoms with Crippen LogP contribution in [0.1, 0.15) is 45.8 Å². The van der Waals surface area contributed by atoms with Crippen LogP contribution in [0, 0.1) is 6.92 Å². The number of hydrogen-bond donors (Lipinski definition) is 0. The molecule has 4 heteroatoms. The molecule has 0 aliphatic rings. The zero-order valence-electron chi connectivity index (χ0n) is 10.9. The highest BCUT2D eigenvalue weighted by Crippen LogP contribution is 2.44. The SMILES string of the molecule is Cc1csc(C(Br)c2ccc(C(C)(C)C)s2)c1Cl. The molecule has 0 aromatic carbocycles. The van der Waals surface area contributed by atoms with Crippen molar-refractivity contribution in [3.8, 4) is 0 Å². The third kappa shape index (κ3) is 2.84. The van der Waals surface area contributed by atoms with Crippen LogP contribution in [0.4, 0.5) is 0 Å². The molecule has 0 spiro atoms. The first-order valence-electron chi connectivity index (χ1n) is 5.78. The van der Waals surface area contributed by atoms with E-state index in [0.717, 1.165) is 10.6 Å². The van der Waals surface area contributed by atoms with Crippen LogP contribution in [0.15, 0.2) is 17.5 Å². The van der Waals surface area contributed by atoms with Gasteiger partial charge in [0.05, 0.1) is 9.85 Å². The van der Waals surface area contributed by atoms with Crippen LogP contribution in [-0.2, 0) is 5.41 Å². The zero-order valence-corrected chi connectivity index (χ0v) is 14.9. The fraction of sp³-hybridized carbons (Fsp3) is 0.429. The summed E-state index contributed by atoms with van der Waals surface area (Å²) in [5.74, 6) is 0. The van der Waals surface area contributed by atoms with Gasteiger partial charge in [-0.25, -0.2) is 0 Å². The Morgan fingerprint density at radius 2 is 1.94 bits per heavy atom. The van der Waals surface area contributed by atoms with Gasteiger partial charge >= 0.3 is 0 Å². The summed E-state index contributed by atoms with van der Waals surface area (Å²) < 4.78 is 0. The van der Waals surface area contributed by atoms with Crippen molar-refractivity contribution >= 4 is 50.2 Å². The summed E-state index contributed by atoms with van der Waals surface area (Å²) in [4.78, 5) is 4.15. The highest BCUT2D eigenvalue weighted by atomic mass is 79.9. The predicted octanol–water partition coefficient (Wildman–Crippen LogP) is 6.55. The largest absolute Gasteiger partial charge is 0.145 e. The van der Waals surface area contributed by atoms with Crippen molar-refractivity contribution < 1.29 is 0 Å². The number of thiophene rings is 2. The van der Waals surface area contributed by atoms with Crippen LogP contribution in [0.25, 0.3) is 0 Å². The predicted molar refractivity (Wildman–Crippen MR) is 87.9 cm³/mol. The Labute approximate surface area is 130 Å². The fourth-order valence-electron chi connectivity index (χ4n) is 1.64. The van der Waals surface area contributed by atoms with E-state index in [1.807, 2.05) is 11.3 Å². The van der Waals surface area contributed by atoms with Crippen molar-refractivity contribution in [3.05, 3.63) is 42.7 Å². The summed E-state index contributed by atoms with van der Waals surface area (Å²) in [6.45, 7) is 8.79. The molecule has 2 aromatic heterocycles. The number of hydrogen-bond acceptors (Lipinski definition) is 2. The van der Waals surface area contributed by atoms with E-state index in [4.69, 9.17) is 11.6 Å². The summed E-state index contributed by atoms with van der Waals surface area (Å²) >= 11 is 13.7. The molecule has 0 amide bonds. The summed E-state index contributed by atoms with van der Waals surface area (Å²) in [6, 6.07) is 4.43. The Morgan fingerprint density at radius 1 is 1.28 bits per heavy atom. The van der Waals surface area contributed by atoms with Crippen LogP contribution in [0.2, 0.25) is 5.02 Å². The number of halogens is 2. The topological polar surface area (TPSA) is 0 Å². The lowest BCUT2D eigenvalue weighted by Crippen LogP contribution is -2.07. The van der Waals surface area contributed by atoms with Gasteiger partial charge < -0.3 is 0 Å². The van der Waals surface area contributed by atoms with Crippen molar-refractivity contribution in [1.29, 1.82) is 0 Å². The molecule has 2 rings (SSSR count). The van der Waals surface area contributed by atoms with Gasteiger partial charge in [0.2, 0.25) is 0 Å². The van der Waals surface area contributed by atoms with Crippen molar-refractivity contribution in [3.63, 3.8) is 0 Å². The molecule has 0 aliphatic heterocycles. The monoisotopic (exact) mass is 362 g/mol. The Bertz CT molecular complexity index is 548. The molecule has 1 unspecified atom stereocenters. The van der Waals surface area contributed by atoms with Gasteiger partial charge in [-0.1, -0.05) is 48.3 Å². The van der Waals surface area contributed by atoms with Crippen LogP contribution in [0.5, 0.6) is 0 Å². The van der Waals surface area contributed by atoms with E-state index >= 15 is 0 Å². The molecule has 0 bridgehead atoms. The molecule has 2 aromatic rings. The molecule has 1 atom stereocenters. The highest BCUT2D eigenvalue weighted by molar-refractivity contribution is 9.09. The summed E-state index contributed by atoms with van der Waals surface area (Å²) in [6.07, 6.45) is 0. The molecule has 0 N–H and O–H groups in total. The second-order valence-corrected chi connectivity index (χ2v) is 8.73. The normalized spacial score (nSPS) is 13.9. The smallest absolute Gasteiger partial charge is 0.0846 e. The third-order valence-corrected chi connectivity index (χ3v) is 7.68. The van der Waals surface area contributed by atoms with Gasteiger partial charge in [0, 0.05) is 14.6 Å². The molecule has 0 saturated carbocycles. The van der Waals surface area contributed by atoms with E-state index in [1.54, 1.807) is 11.3 Å². The van der Waals surface area contributed by atoms with Gasteiger partial charge in [-0.05, 0) is 35.4 Å². The van der Waals surface area contributed by atoms with Crippen LogP contribution in [0.3, 0.4) is 0 Å². The first-order chi connectivity index (χ1) is 8.30. The summed E-state index contributed by atoms with van der Waals surface area (Å²) in [5, 5.41) is 3.01. The average Bonchev–Trinajstić information content (AvgIpc) is 2.86. The van der Waals surface area contributed by atoms with E-state index in [0.29, 0.717) is 0 Å². The van der Waals surface area contributed by atoms with Gasteiger partial charge in [-0.2, -0.15) is 0 Å². The lowest BCUT2D eigenvalue weighted by atomic mass is 9.95. The average molecular weight is 364 g/mol. The Morgan fingerprint density at radius 3 is 2.39 bits per heavy atom. The highest BCUT2D eigenvalue weighted by Gasteiger charge is 2.22. The summed E-state index contributed by atoms with van der Waals surface area (Å²) in [7, 11) is 0. The molecule has 0 nitrogen and oxygen atoms in total. The van der Waals surface area contributed by atoms with Gasteiger partial charge in [-0.15, -0.1) is 22.7 Å². The van der Waals surface area contributed by atoms with E-state index in [2.05, 4.69) is 61.1 Å². The van der Waals surface area contributed by atoms with E-state index in [9.17, 15) is 0 Å². The molecule has 0 fully saturated rings. The fourth-order valence-corrected chi connectivity index (χ4v) is 5.18. The van der Waals surface area contributed by atoms with Gasteiger partial charge in [0.15, 0.2) is 0 Å². The number of alkyl halides is 1.